The lowest BCUT2D eigenvalue weighted by atomic mass is 10.2. The van der Waals surface area contributed by atoms with Crippen molar-refractivity contribution >= 4 is 46.5 Å². The number of nitrogens with one attached hydrogen (secondary N) is 2. The first-order chi connectivity index (χ1) is 10.9. The van der Waals surface area contributed by atoms with Gasteiger partial charge in [-0.25, -0.2) is 4.79 Å². The largest absolute Gasteiger partial charge is 0.345 e. The maximum absolute atomic E-state index is 11.9. The van der Waals surface area contributed by atoms with Gasteiger partial charge in [0.1, 0.15) is 0 Å². The molecule has 0 radical (unpaired) electrons. The summed E-state index contributed by atoms with van der Waals surface area (Å²) in [7, 11) is 3.28. The third-order valence-corrected chi connectivity index (χ3v) is 3.49. The summed E-state index contributed by atoms with van der Waals surface area (Å²) in [6.45, 7) is 0. The number of carbonyl (C=O) groups excluding carboxylic acids is 2. The summed E-state index contributed by atoms with van der Waals surface area (Å²) in [5.41, 5.74) is 1.42. The Bertz CT molecular complexity index is 748. The van der Waals surface area contributed by atoms with E-state index in [2.05, 4.69) is 10.6 Å². The number of nitrogens with zero attached hydrogens (tertiary/aromatic N) is 1. The zero-order valence-electron chi connectivity index (χ0n) is 12.6. The highest BCUT2D eigenvalue weighted by molar-refractivity contribution is 6.34. The average Bonchev–Trinajstić information content (AvgIpc) is 2.46. The number of halogens is 2. The van der Waals surface area contributed by atoms with Crippen molar-refractivity contribution in [3.8, 4) is 0 Å². The number of anilines is 2. The molecule has 0 heterocycles. The fourth-order valence-corrected chi connectivity index (χ4v) is 2.32. The second-order valence-corrected chi connectivity index (χ2v) is 5.83. The van der Waals surface area contributed by atoms with E-state index in [0.29, 0.717) is 22.0 Å². The normalized spacial score (nSPS) is 10.1. The minimum absolute atomic E-state index is 0.204. The molecule has 120 valence electrons. The molecule has 0 aliphatic heterocycles. The summed E-state index contributed by atoms with van der Waals surface area (Å²) in [6.07, 6.45) is 0. The third-order valence-electron chi connectivity index (χ3n) is 2.95. The van der Waals surface area contributed by atoms with E-state index in [4.69, 9.17) is 23.2 Å². The van der Waals surface area contributed by atoms with Crippen LogP contribution in [-0.2, 0) is 0 Å². The van der Waals surface area contributed by atoms with Gasteiger partial charge in [0, 0.05) is 30.5 Å². The molecule has 2 rings (SSSR count). The second kappa shape index (κ2) is 7.35. The third kappa shape index (κ3) is 4.61. The van der Waals surface area contributed by atoms with E-state index in [0.717, 1.165) is 0 Å². The van der Waals surface area contributed by atoms with Gasteiger partial charge in [0.15, 0.2) is 0 Å². The first-order valence-corrected chi connectivity index (χ1v) is 7.47. The van der Waals surface area contributed by atoms with Crippen molar-refractivity contribution in [2.75, 3.05) is 24.7 Å². The molecule has 3 amide bonds. The average molecular weight is 352 g/mol. The molecular formula is C16H15Cl2N3O2. The smallest absolute Gasteiger partial charge is 0.323 e. The Kier molecular flexibility index (Phi) is 5.47. The van der Waals surface area contributed by atoms with Crippen molar-refractivity contribution in [3.05, 3.63) is 58.1 Å². The van der Waals surface area contributed by atoms with Crippen LogP contribution in [0.25, 0.3) is 0 Å². The van der Waals surface area contributed by atoms with Gasteiger partial charge in [-0.05, 0) is 36.4 Å². The highest BCUT2D eigenvalue weighted by atomic mass is 35.5. The summed E-state index contributed by atoms with van der Waals surface area (Å²) >= 11 is 12.0. The molecule has 0 unspecified atom stereocenters. The highest BCUT2D eigenvalue weighted by Gasteiger charge is 2.13. The summed E-state index contributed by atoms with van der Waals surface area (Å²) < 4.78 is 0. The summed E-state index contributed by atoms with van der Waals surface area (Å²) in [6, 6.07) is 11.1. The Morgan fingerprint density at radius 1 is 0.957 bits per heavy atom. The molecule has 0 saturated heterocycles. The Balaban J connectivity index is 2.07. The van der Waals surface area contributed by atoms with Crippen molar-refractivity contribution in [2.24, 2.45) is 0 Å². The van der Waals surface area contributed by atoms with Crippen LogP contribution in [0.15, 0.2) is 42.5 Å². The Morgan fingerprint density at radius 2 is 1.61 bits per heavy atom. The number of hydrogen-bond acceptors (Lipinski definition) is 2. The number of carbonyl (C=O) groups is 2. The topological polar surface area (TPSA) is 61.4 Å². The zero-order valence-corrected chi connectivity index (χ0v) is 14.1. The lowest BCUT2D eigenvalue weighted by Gasteiger charge is -2.13. The van der Waals surface area contributed by atoms with Gasteiger partial charge in [-0.1, -0.05) is 29.3 Å². The number of hydrogen-bond donors (Lipinski definition) is 2. The van der Waals surface area contributed by atoms with Crippen LogP contribution >= 0.6 is 23.2 Å². The lowest BCUT2D eigenvalue weighted by Crippen LogP contribution is -2.22. The van der Waals surface area contributed by atoms with Crippen molar-refractivity contribution in [1.29, 1.82) is 0 Å². The van der Waals surface area contributed by atoms with Crippen LogP contribution in [0, 0.1) is 0 Å². The first kappa shape index (κ1) is 17.1. The minimum Gasteiger partial charge on any atom is -0.345 e. The number of benzene rings is 2. The van der Waals surface area contributed by atoms with Gasteiger partial charge in [0.05, 0.1) is 10.6 Å². The summed E-state index contributed by atoms with van der Waals surface area (Å²) in [4.78, 5) is 25.3. The molecule has 0 aliphatic carbocycles. The molecule has 0 saturated carbocycles. The van der Waals surface area contributed by atoms with E-state index in [1.807, 2.05) is 0 Å². The zero-order chi connectivity index (χ0) is 17.0. The Labute approximate surface area is 144 Å². The minimum atomic E-state index is -0.435. The molecule has 0 aromatic heterocycles. The van der Waals surface area contributed by atoms with Gasteiger partial charge in [-0.3, -0.25) is 4.79 Å². The monoisotopic (exact) mass is 351 g/mol. The second-order valence-electron chi connectivity index (χ2n) is 4.98. The predicted molar refractivity (Wildman–Crippen MR) is 93.6 cm³/mol. The molecule has 2 aromatic rings. The van der Waals surface area contributed by atoms with Crippen LogP contribution in [0.3, 0.4) is 0 Å². The van der Waals surface area contributed by atoms with Crippen LogP contribution in [-0.4, -0.2) is 30.9 Å². The van der Waals surface area contributed by atoms with E-state index in [1.165, 1.54) is 11.0 Å². The van der Waals surface area contributed by atoms with Crippen molar-refractivity contribution in [2.45, 2.75) is 0 Å². The molecule has 0 fully saturated rings. The quantitative estimate of drug-likeness (QED) is 0.863. The molecular weight excluding hydrogens is 337 g/mol. The fraction of sp³-hybridized carbons (Fsp3) is 0.125. The maximum atomic E-state index is 11.9. The highest BCUT2D eigenvalue weighted by Crippen LogP contribution is 2.22. The number of urea groups is 1. The van der Waals surface area contributed by atoms with Gasteiger partial charge in [0.25, 0.3) is 5.91 Å². The number of amides is 3. The predicted octanol–water partition coefficient (Wildman–Crippen LogP) is 4.34. The molecule has 23 heavy (non-hydrogen) atoms. The molecule has 0 atom stereocenters. The molecule has 7 heteroatoms. The van der Waals surface area contributed by atoms with E-state index >= 15 is 0 Å². The van der Waals surface area contributed by atoms with Crippen LogP contribution in [0.5, 0.6) is 0 Å². The van der Waals surface area contributed by atoms with E-state index in [1.54, 1.807) is 50.5 Å². The molecule has 2 aromatic carbocycles. The Morgan fingerprint density at radius 3 is 2.17 bits per heavy atom. The van der Waals surface area contributed by atoms with Gasteiger partial charge >= 0.3 is 6.03 Å². The van der Waals surface area contributed by atoms with Gasteiger partial charge in [-0.15, -0.1) is 0 Å². The summed E-state index contributed by atoms with van der Waals surface area (Å²) in [5.74, 6) is -0.204. The van der Waals surface area contributed by atoms with Crippen molar-refractivity contribution in [1.82, 2.24) is 4.90 Å². The van der Waals surface area contributed by atoms with Crippen molar-refractivity contribution < 1.29 is 9.59 Å². The van der Waals surface area contributed by atoms with E-state index in [9.17, 15) is 9.59 Å². The molecule has 0 bridgehead atoms. The van der Waals surface area contributed by atoms with Crippen LogP contribution in [0.2, 0.25) is 10.0 Å². The lowest BCUT2D eigenvalue weighted by molar-refractivity contribution is 0.0828. The summed E-state index contributed by atoms with van der Waals surface area (Å²) in [5, 5.41) is 6.09. The van der Waals surface area contributed by atoms with Gasteiger partial charge < -0.3 is 15.5 Å². The molecule has 5 nitrogen and oxygen atoms in total. The Hall–Kier alpha value is -2.24. The first-order valence-electron chi connectivity index (χ1n) is 6.71. The standard InChI is InChI=1S/C16H15Cl2N3O2/c1-21(2)15(22)13-7-6-12(9-14(13)18)20-16(23)19-11-5-3-4-10(17)8-11/h3-9H,1-2H3,(H2,19,20,23). The number of rotatable bonds is 3. The van der Waals surface area contributed by atoms with Crippen LogP contribution in [0.4, 0.5) is 16.2 Å². The molecule has 0 spiro atoms. The van der Waals surface area contributed by atoms with E-state index in [-0.39, 0.29) is 10.9 Å². The van der Waals surface area contributed by atoms with Crippen LogP contribution < -0.4 is 10.6 Å². The van der Waals surface area contributed by atoms with Gasteiger partial charge in [-0.2, -0.15) is 0 Å². The van der Waals surface area contributed by atoms with Gasteiger partial charge in [0.2, 0.25) is 0 Å². The van der Waals surface area contributed by atoms with Crippen molar-refractivity contribution in [3.63, 3.8) is 0 Å². The fourth-order valence-electron chi connectivity index (χ4n) is 1.87. The molecule has 2 N–H and O–H groups in total. The van der Waals surface area contributed by atoms with Crippen LogP contribution in [0.1, 0.15) is 10.4 Å². The maximum Gasteiger partial charge on any atom is 0.323 e. The van der Waals surface area contributed by atoms with E-state index < -0.39 is 6.03 Å². The SMILES string of the molecule is CN(C)C(=O)c1ccc(NC(=O)Nc2cccc(Cl)c2)cc1Cl. The molecule has 0 aliphatic rings.